The van der Waals surface area contributed by atoms with E-state index in [4.69, 9.17) is 4.74 Å². The standard InChI is InChI=1S/C28H45N2O3S/c1-5-6-7-8-9-10-11-12-13-14-21-33-28-16-15-27(25(2)22-28)24-30(34(4,31)32)23-26-17-19-29(3)20-18-26/h15-20,22H,5-14,21,23-24H2,1-4H3/q+1. The first-order chi connectivity index (χ1) is 16.3. The number of ether oxygens (including phenoxy) is 1. The van der Waals surface area contributed by atoms with E-state index in [2.05, 4.69) is 6.92 Å². The molecule has 0 aliphatic rings. The molecule has 2 rings (SSSR count). The fourth-order valence-electron chi connectivity index (χ4n) is 4.04. The molecule has 0 aliphatic carbocycles. The number of aromatic nitrogens is 1. The monoisotopic (exact) mass is 489 g/mol. The second-order valence-electron chi connectivity index (χ2n) is 9.52. The van der Waals surface area contributed by atoms with Crippen LogP contribution in [0, 0.1) is 6.92 Å². The van der Waals surface area contributed by atoms with Gasteiger partial charge in [0.05, 0.1) is 12.9 Å². The number of benzene rings is 1. The van der Waals surface area contributed by atoms with Gasteiger partial charge in [-0.05, 0) is 42.2 Å². The Morgan fingerprint density at radius 2 is 1.44 bits per heavy atom. The van der Waals surface area contributed by atoms with Crippen LogP contribution in [-0.2, 0) is 30.2 Å². The molecule has 190 valence electrons. The summed E-state index contributed by atoms with van der Waals surface area (Å²) in [6.45, 7) is 5.72. The smallest absolute Gasteiger partial charge is 0.211 e. The van der Waals surface area contributed by atoms with Gasteiger partial charge < -0.3 is 4.74 Å². The molecule has 0 radical (unpaired) electrons. The molecule has 0 amide bonds. The van der Waals surface area contributed by atoms with Crippen LogP contribution < -0.4 is 9.30 Å². The third-order valence-corrected chi connectivity index (χ3v) is 7.50. The second-order valence-corrected chi connectivity index (χ2v) is 11.5. The molecule has 0 aliphatic heterocycles. The minimum Gasteiger partial charge on any atom is -0.494 e. The van der Waals surface area contributed by atoms with Gasteiger partial charge in [-0.25, -0.2) is 13.0 Å². The van der Waals surface area contributed by atoms with Gasteiger partial charge in [-0.2, -0.15) is 4.31 Å². The maximum absolute atomic E-state index is 12.4. The number of hydrogen-bond acceptors (Lipinski definition) is 3. The molecule has 0 atom stereocenters. The highest BCUT2D eigenvalue weighted by Gasteiger charge is 2.19. The predicted octanol–water partition coefficient (Wildman–Crippen LogP) is 6.08. The Balaban J connectivity index is 1.76. The molecule has 34 heavy (non-hydrogen) atoms. The lowest BCUT2D eigenvalue weighted by atomic mass is 10.1. The van der Waals surface area contributed by atoms with E-state index in [9.17, 15) is 8.42 Å². The molecular weight excluding hydrogens is 444 g/mol. The Bertz CT molecular complexity index is 943. The van der Waals surface area contributed by atoms with Crippen LogP contribution in [0.4, 0.5) is 0 Å². The first kappa shape index (κ1) is 28.3. The van der Waals surface area contributed by atoms with Gasteiger partial charge in [0.1, 0.15) is 12.8 Å². The Morgan fingerprint density at radius 3 is 2.00 bits per heavy atom. The first-order valence-corrected chi connectivity index (χ1v) is 14.8. The third kappa shape index (κ3) is 11.0. The van der Waals surface area contributed by atoms with Crippen molar-refractivity contribution in [3.8, 4) is 5.75 Å². The number of nitrogens with zero attached hydrogens (tertiary/aromatic N) is 2. The van der Waals surface area contributed by atoms with Crippen LogP contribution in [0.5, 0.6) is 5.75 Å². The minimum absolute atomic E-state index is 0.352. The SMILES string of the molecule is CCCCCCCCCCCCOc1ccc(CN(Cc2cc[n+](C)cc2)S(C)(=O)=O)c(C)c1. The van der Waals surface area contributed by atoms with Crippen LogP contribution in [0.3, 0.4) is 0 Å². The van der Waals surface area contributed by atoms with E-state index in [0.29, 0.717) is 13.1 Å². The molecule has 0 bridgehead atoms. The number of aryl methyl sites for hydroxylation is 2. The van der Waals surface area contributed by atoms with Gasteiger partial charge in [0, 0.05) is 25.2 Å². The molecule has 1 heterocycles. The van der Waals surface area contributed by atoms with E-state index in [0.717, 1.165) is 35.5 Å². The van der Waals surface area contributed by atoms with Crippen LogP contribution in [-0.4, -0.2) is 25.6 Å². The largest absolute Gasteiger partial charge is 0.494 e. The number of rotatable bonds is 17. The van der Waals surface area contributed by atoms with E-state index >= 15 is 0 Å². The highest BCUT2D eigenvalue weighted by atomic mass is 32.2. The van der Waals surface area contributed by atoms with Crippen molar-refractivity contribution in [1.82, 2.24) is 4.31 Å². The van der Waals surface area contributed by atoms with Crippen molar-refractivity contribution in [2.75, 3.05) is 12.9 Å². The summed E-state index contributed by atoms with van der Waals surface area (Å²) in [5.74, 6) is 0.860. The van der Waals surface area contributed by atoms with Gasteiger partial charge in [0.25, 0.3) is 0 Å². The molecular formula is C28H45N2O3S+. The molecule has 5 nitrogen and oxygen atoms in total. The van der Waals surface area contributed by atoms with Gasteiger partial charge in [0.15, 0.2) is 12.4 Å². The van der Waals surface area contributed by atoms with Crippen molar-refractivity contribution in [3.05, 3.63) is 59.4 Å². The van der Waals surface area contributed by atoms with Crippen LogP contribution in [0.1, 0.15) is 87.8 Å². The van der Waals surface area contributed by atoms with E-state index in [-0.39, 0.29) is 0 Å². The highest BCUT2D eigenvalue weighted by Crippen LogP contribution is 2.21. The Hall–Kier alpha value is -1.92. The fraction of sp³-hybridized carbons (Fsp3) is 0.607. The van der Waals surface area contributed by atoms with Gasteiger partial charge in [-0.3, -0.25) is 0 Å². The number of sulfonamides is 1. The van der Waals surface area contributed by atoms with Crippen molar-refractivity contribution in [2.24, 2.45) is 7.05 Å². The van der Waals surface area contributed by atoms with E-state index in [1.807, 2.05) is 61.3 Å². The molecule has 0 unspecified atom stereocenters. The summed E-state index contributed by atoms with van der Waals surface area (Å²) >= 11 is 0. The average molecular weight is 490 g/mol. The van der Waals surface area contributed by atoms with Crippen LogP contribution >= 0.6 is 0 Å². The highest BCUT2D eigenvalue weighted by molar-refractivity contribution is 7.88. The zero-order valence-electron chi connectivity index (χ0n) is 21.8. The van der Waals surface area contributed by atoms with E-state index < -0.39 is 10.0 Å². The van der Waals surface area contributed by atoms with Gasteiger partial charge in [-0.15, -0.1) is 0 Å². The van der Waals surface area contributed by atoms with Crippen molar-refractivity contribution in [2.45, 2.75) is 91.1 Å². The summed E-state index contributed by atoms with van der Waals surface area (Å²) in [4.78, 5) is 0. The molecule has 6 heteroatoms. The second kappa shape index (κ2) is 15.2. The fourth-order valence-corrected chi connectivity index (χ4v) is 4.79. The van der Waals surface area contributed by atoms with Crippen LogP contribution in [0.15, 0.2) is 42.7 Å². The van der Waals surface area contributed by atoms with E-state index in [1.54, 1.807) is 0 Å². The number of unbranched alkanes of at least 4 members (excludes halogenated alkanes) is 9. The van der Waals surface area contributed by atoms with Crippen molar-refractivity contribution < 1.29 is 17.7 Å². The minimum atomic E-state index is -3.34. The molecule has 0 saturated carbocycles. The Morgan fingerprint density at radius 1 is 0.853 bits per heavy atom. The lowest BCUT2D eigenvalue weighted by molar-refractivity contribution is -0.671. The summed E-state index contributed by atoms with van der Waals surface area (Å²) in [6.07, 6.45) is 18.3. The number of pyridine rings is 1. The maximum Gasteiger partial charge on any atom is 0.211 e. The lowest BCUT2D eigenvalue weighted by Crippen LogP contribution is -2.30. The molecule has 1 aromatic carbocycles. The predicted molar refractivity (Wildman–Crippen MR) is 140 cm³/mol. The third-order valence-electron chi connectivity index (χ3n) is 6.30. The van der Waals surface area contributed by atoms with Crippen LogP contribution in [0.25, 0.3) is 0 Å². The summed E-state index contributed by atoms with van der Waals surface area (Å²) in [5.41, 5.74) is 3.02. The topological polar surface area (TPSA) is 50.5 Å². The van der Waals surface area contributed by atoms with Gasteiger partial charge in [0.2, 0.25) is 10.0 Å². The maximum atomic E-state index is 12.4. The zero-order chi connectivity index (χ0) is 24.8. The van der Waals surface area contributed by atoms with Crippen LogP contribution in [0.2, 0.25) is 0 Å². The molecule has 1 aromatic heterocycles. The van der Waals surface area contributed by atoms with E-state index in [1.165, 1.54) is 68.3 Å². The molecule has 0 spiro atoms. The zero-order valence-corrected chi connectivity index (χ0v) is 22.6. The molecule has 0 fully saturated rings. The van der Waals surface area contributed by atoms with Crippen molar-refractivity contribution >= 4 is 10.0 Å². The Labute approximate surface area is 208 Å². The van der Waals surface area contributed by atoms with Crippen molar-refractivity contribution in [1.29, 1.82) is 0 Å². The first-order valence-electron chi connectivity index (χ1n) is 12.9. The summed E-state index contributed by atoms with van der Waals surface area (Å²) in [6, 6.07) is 9.88. The molecule has 0 saturated heterocycles. The Kier molecular flexibility index (Phi) is 12.6. The van der Waals surface area contributed by atoms with Gasteiger partial charge in [-0.1, -0.05) is 70.8 Å². The molecule has 2 aromatic rings. The summed E-state index contributed by atoms with van der Waals surface area (Å²) in [5, 5.41) is 0. The van der Waals surface area contributed by atoms with Gasteiger partial charge >= 0.3 is 0 Å². The quantitative estimate of drug-likeness (QED) is 0.200. The molecule has 0 N–H and O–H groups in total. The normalized spacial score (nSPS) is 11.8. The van der Waals surface area contributed by atoms with Crippen molar-refractivity contribution in [3.63, 3.8) is 0 Å². The average Bonchev–Trinajstić information content (AvgIpc) is 2.79. The lowest BCUT2D eigenvalue weighted by Gasteiger charge is -2.21. The summed E-state index contributed by atoms with van der Waals surface area (Å²) in [7, 11) is -1.39. The number of hydrogen-bond donors (Lipinski definition) is 0. The summed E-state index contributed by atoms with van der Waals surface area (Å²) < 4.78 is 34.2.